The minimum absolute atomic E-state index is 0.0473. The van der Waals surface area contributed by atoms with E-state index in [1.54, 1.807) is 81.6 Å². The van der Waals surface area contributed by atoms with E-state index in [2.05, 4.69) is 25.8 Å². The molecule has 6 rings (SSSR count). The molecule has 0 radical (unpaired) electrons. The van der Waals surface area contributed by atoms with Gasteiger partial charge in [0.15, 0.2) is 5.75 Å². The van der Waals surface area contributed by atoms with Gasteiger partial charge in [0.2, 0.25) is 0 Å². The van der Waals surface area contributed by atoms with Gasteiger partial charge in [-0.05, 0) is 121 Å². The number of benzene rings is 6. The Bertz CT molecular complexity index is 2980. The quantitative estimate of drug-likeness (QED) is 0.0389. The summed E-state index contributed by atoms with van der Waals surface area (Å²) in [7, 11) is -12.3. The van der Waals surface area contributed by atoms with Crippen LogP contribution < -0.4 is 14.8 Å². The molecule has 0 aromatic heterocycles. The van der Waals surface area contributed by atoms with Crippen LogP contribution >= 0.6 is 0 Å². The molecule has 0 saturated carbocycles. The minimum Gasteiger partial charge on any atom is -0.505 e. The highest BCUT2D eigenvalue weighted by molar-refractivity contribution is 7.86. The molecule has 0 bridgehead atoms. The molecule has 302 valence electrons. The zero-order valence-corrected chi connectivity index (χ0v) is 33.3. The van der Waals surface area contributed by atoms with Gasteiger partial charge in [0.05, 0.1) is 36.5 Å². The third kappa shape index (κ3) is 9.91. The number of fused-ring (bicyclic) bond motifs is 2. The molecule has 0 amide bonds. The largest absolute Gasteiger partial charge is 0.505 e. The Morgan fingerprint density at radius 2 is 1.26 bits per heavy atom. The van der Waals surface area contributed by atoms with Gasteiger partial charge in [0, 0.05) is 28.2 Å². The van der Waals surface area contributed by atoms with Crippen molar-refractivity contribution in [3.63, 3.8) is 0 Å². The summed E-state index contributed by atoms with van der Waals surface area (Å²) in [5.41, 5.74) is 2.84. The minimum atomic E-state index is -4.88. The lowest BCUT2D eigenvalue weighted by Crippen LogP contribution is -2.09. The number of azo groups is 2. The highest BCUT2D eigenvalue weighted by Crippen LogP contribution is 2.43. The van der Waals surface area contributed by atoms with Crippen molar-refractivity contribution in [2.75, 3.05) is 24.8 Å². The first-order valence-electron chi connectivity index (χ1n) is 17.1. The zero-order valence-electron chi connectivity index (χ0n) is 30.9. The molecule has 0 heterocycles. The molecule has 58 heavy (non-hydrogen) atoms. The average molecular weight is 850 g/mol. The van der Waals surface area contributed by atoms with E-state index in [9.17, 15) is 39.5 Å². The first-order valence-corrected chi connectivity index (χ1v) is 21.5. The average Bonchev–Trinajstić information content (AvgIpc) is 3.15. The van der Waals surface area contributed by atoms with Crippen molar-refractivity contribution in [1.29, 1.82) is 0 Å². The Morgan fingerprint density at radius 3 is 1.88 bits per heavy atom. The molecule has 0 aliphatic carbocycles. The maximum Gasteiger partial charge on any atom is 0.296 e. The number of anilines is 2. The van der Waals surface area contributed by atoms with Crippen molar-refractivity contribution in [3.05, 3.63) is 102 Å². The molecule has 6 aromatic rings. The van der Waals surface area contributed by atoms with Gasteiger partial charge in [-0.25, -0.2) is 0 Å². The summed E-state index contributed by atoms with van der Waals surface area (Å²) in [5, 5.41) is 32.2. The van der Waals surface area contributed by atoms with Crippen LogP contribution in [0.4, 0.5) is 34.1 Å². The van der Waals surface area contributed by atoms with Gasteiger partial charge in [-0.1, -0.05) is 6.07 Å². The fourth-order valence-corrected chi connectivity index (χ4v) is 7.72. The van der Waals surface area contributed by atoms with Crippen LogP contribution in [0.25, 0.3) is 21.5 Å². The number of hydrogen-bond donors (Lipinski definition) is 5. The van der Waals surface area contributed by atoms with E-state index in [4.69, 9.17) is 14.0 Å². The summed E-state index contributed by atoms with van der Waals surface area (Å²) in [6.07, 6.45) is -0.0598. The molecular weight excluding hydrogens is 815 g/mol. The molecule has 0 atom stereocenters. The van der Waals surface area contributed by atoms with Gasteiger partial charge in [-0.3, -0.25) is 13.7 Å². The van der Waals surface area contributed by atoms with Crippen molar-refractivity contribution < 1.29 is 53.5 Å². The van der Waals surface area contributed by atoms with E-state index >= 15 is 0 Å². The van der Waals surface area contributed by atoms with Crippen LogP contribution in [-0.2, 0) is 30.4 Å². The number of aryl methyl sites for hydroxylation is 2. The third-order valence-electron chi connectivity index (χ3n) is 8.72. The van der Waals surface area contributed by atoms with Crippen LogP contribution in [0, 0.1) is 13.8 Å². The fraction of sp³-hybridized carbons (Fsp3) is 0.158. The van der Waals surface area contributed by atoms with Gasteiger partial charge in [0.1, 0.15) is 27.0 Å². The second-order valence-corrected chi connectivity index (χ2v) is 17.3. The standard InChI is InChI=1S/C38H35N5O12S3/c1-22-16-34(42-43-37-36(58(51,52)53)19-25-17-27(9-12-31(25)38(37)44)39-26-7-10-29(54-3)11-8-26)23(2)15-33(22)41-40-28-6-5-24-18-30(55-13-4-14-56(45,46)47)21-35(32(24)20-28)57(48,49)50/h5-12,15-21,39,44H,4,13-14H2,1-3H3,(H,45,46,47)(H,48,49,50)(H,51,52,53). The molecular formula is C38H35N5O12S3. The highest BCUT2D eigenvalue weighted by atomic mass is 32.2. The summed E-state index contributed by atoms with van der Waals surface area (Å²) in [6, 6.07) is 23.5. The number of aromatic hydroxyl groups is 1. The van der Waals surface area contributed by atoms with Crippen LogP contribution in [0.3, 0.4) is 0 Å². The van der Waals surface area contributed by atoms with Gasteiger partial charge >= 0.3 is 0 Å². The summed E-state index contributed by atoms with van der Waals surface area (Å²) in [4.78, 5) is -1.13. The van der Waals surface area contributed by atoms with E-state index in [-0.39, 0.29) is 40.9 Å². The number of nitrogens with zero attached hydrogens (tertiary/aromatic N) is 4. The maximum atomic E-state index is 12.5. The number of nitrogens with one attached hydrogen (secondary N) is 1. The van der Waals surface area contributed by atoms with E-state index in [0.29, 0.717) is 39.0 Å². The SMILES string of the molecule is COc1ccc(Nc2ccc3c(O)c(N=Nc4cc(C)c(N=Nc5ccc6cc(OCCCS(=O)(=O)O)cc(S(=O)(=O)O)c6c5)cc4C)c(S(=O)(=O)O)cc3c2)cc1. The van der Waals surface area contributed by atoms with E-state index in [1.165, 1.54) is 24.3 Å². The first kappa shape index (κ1) is 41.6. The molecule has 17 nitrogen and oxygen atoms in total. The summed E-state index contributed by atoms with van der Waals surface area (Å²) in [6.45, 7) is 3.24. The van der Waals surface area contributed by atoms with E-state index in [1.807, 2.05) is 0 Å². The summed E-state index contributed by atoms with van der Waals surface area (Å²) in [5.74, 6) is -0.351. The van der Waals surface area contributed by atoms with Crippen molar-refractivity contribution in [3.8, 4) is 17.2 Å². The van der Waals surface area contributed by atoms with Gasteiger partial charge in [0.25, 0.3) is 30.4 Å². The fourth-order valence-electron chi connectivity index (χ4n) is 5.86. The number of rotatable bonds is 14. The number of phenols is 1. The van der Waals surface area contributed by atoms with Crippen LogP contribution in [0.1, 0.15) is 17.5 Å². The molecule has 0 aliphatic heterocycles. The lowest BCUT2D eigenvalue weighted by atomic mass is 10.1. The number of methoxy groups -OCH3 is 1. The molecule has 5 N–H and O–H groups in total. The van der Waals surface area contributed by atoms with Crippen LogP contribution in [-0.4, -0.2) is 63.5 Å². The summed E-state index contributed by atoms with van der Waals surface area (Å²) < 4.78 is 111. The molecule has 6 aromatic carbocycles. The van der Waals surface area contributed by atoms with Crippen molar-refractivity contribution in [2.24, 2.45) is 20.5 Å². The normalized spacial score (nSPS) is 12.5. The van der Waals surface area contributed by atoms with E-state index < -0.39 is 57.3 Å². The maximum absolute atomic E-state index is 12.5. The Kier molecular flexibility index (Phi) is 11.8. The summed E-state index contributed by atoms with van der Waals surface area (Å²) >= 11 is 0. The Hall–Kier alpha value is -6.03. The number of phenolic OH excluding ortho intramolecular Hbond substituents is 1. The van der Waals surface area contributed by atoms with Crippen LogP contribution in [0.15, 0.2) is 121 Å². The van der Waals surface area contributed by atoms with Gasteiger partial charge in [-0.15, -0.1) is 5.11 Å². The second kappa shape index (κ2) is 16.4. The topological polar surface area (TPSA) is 263 Å². The van der Waals surface area contributed by atoms with E-state index in [0.717, 1.165) is 11.8 Å². The first-order chi connectivity index (χ1) is 27.3. The van der Waals surface area contributed by atoms with Crippen LogP contribution in [0.2, 0.25) is 0 Å². The highest BCUT2D eigenvalue weighted by Gasteiger charge is 2.23. The Labute approximate surface area is 333 Å². The predicted octanol–water partition coefficient (Wildman–Crippen LogP) is 9.05. The van der Waals surface area contributed by atoms with Crippen molar-refractivity contribution >= 4 is 86.0 Å². The van der Waals surface area contributed by atoms with Gasteiger partial charge < -0.3 is 19.9 Å². The zero-order chi connectivity index (χ0) is 42.0. The molecule has 0 fully saturated rings. The smallest absolute Gasteiger partial charge is 0.296 e. The molecule has 0 spiro atoms. The lowest BCUT2D eigenvalue weighted by Gasteiger charge is -2.12. The Morgan fingerprint density at radius 1 is 0.621 bits per heavy atom. The number of ether oxygens (including phenoxy) is 2. The molecule has 0 saturated heterocycles. The molecule has 0 unspecified atom stereocenters. The number of hydrogen-bond acceptors (Lipinski definition) is 14. The Balaban J connectivity index is 1.26. The lowest BCUT2D eigenvalue weighted by molar-refractivity contribution is 0.315. The van der Waals surface area contributed by atoms with Crippen molar-refractivity contribution in [1.82, 2.24) is 0 Å². The van der Waals surface area contributed by atoms with Crippen LogP contribution in [0.5, 0.6) is 17.2 Å². The third-order valence-corrected chi connectivity index (χ3v) is 11.3. The van der Waals surface area contributed by atoms with Gasteiger partial charge in [-0.2, -0.15) is 40.6 Å². The molecule has 0 aliphatic rings. The predicted molar refractivity (Wildman–Crippen MR) is 216 cm³/mol. The monoisotopic (exact) mass is 849 g/mol. The van der Waals surface area contributed by atoms with Crippen molar-refractivity contribution in [2.45, 2.75) is 30.1 Å². The molecule has 20 heteroatoms. The second-order valence-electron chi connectivity index (χ2n) is 13.0.